The summed E-state index contributed by atoms with van der Waals surface area (Å²) in [6.45, 7) is 0. The van der Waals surface area contributed by atoms with Gasteiger partial charge in [-0.15, -0.1) is 0 Å². The number of carboxylic acids is 1. The van der Waals surface area contributed by atoms with E-state index >= 15 is 0 Å². The summed E-state index contributed by atoms with van der Waals surface area (Å²) >= 11 is 0. The van der Waals surface area contributed by atoms with E-state index in [1.54, 1.807) is 24.3 Å². The largest absolute Gasteiger partial charge is 0.481 e. The molecule has 4 N–H and O–H groups in total. The molecule has 1 aliphatic rings. The quantitative estimate of drug-likeness (QED) is 0.699. The van der Waals surface area contributed by atoms with Gasteiger partial charge in [-0.3, -0.25) is 9.59 Å². The Balaban J connectivity index is 1.92. The highest BCUT2D eigenvalue weighted by Gasteiger charge is 2.26. The van der Waals surface area contributed by atoms with Crippen LogP contribution in [0.2, 0.25) is 0 Å². The molecule has 5 heteroatoms. The maximum absolute atomic E-state index is 12.0. The van der Waals surface area contributed by atoms with Gasteiger partial charge in [0.1, 0.15) is 6.04 Å². The normalized spacial score (nSPS) is 23.0. The molecule has 0 saturated carbocycles. The predicted molar refractivity (Wildman–Crippen MR) is 70.2 cm³/mol. The number of hydrogen-bond acceptors (Lipinski definition) is 3. The van der Waals surface area contributed by atoms with Crippen LogP contribution in [-0.4, -0.2) is 23.0 Å². The monoisotopic (exact) mass is 260 g/mol. The average molecular weight is 260 g/mol. The van der Waals surface area contributed by atoms with Crippen molar-refractivity contribution in [3.63, 3.8) is 0 Å². The highest BCUT2D eigenvalue weighted by Crippen LogP contribution is 2.19. The molecule has 0 radical (unpaired) electrons. The van der Waals surface area contributed by atoms with Gasteiger partial charge >= 0.3 is 5.97 Å². The topological polar surface area (TPSA) is 92.4 Å². The Morgan fingerprint density at radius 3 is 2.53 bits per heavy atom. The van der Waals surface area contributed by atoms with Crippen molar-refractivity contribution in [2.24, 2.45) is 11.7 Å². The standard InChI is InChI=1S/C14H16N2O3/c15-12(9-4-2-1-3-5-9)13(17)16-11-7-6-10(8-11)14(18)19/h1-7,10-12H,8,15H2,(H,16,17)(H,18,19). The summed E-state index contributed by atoms with van der Waals surface area (Å²) < 4.78 is 0. The summed E-state index contributed by atoms with van der Waals surface area (Å²) in [5.41, 5.74) is 6.59. The molecule has 100 valence electrons. The lowest BCUT2D eigenvalue weighted by Crippen LogP contribution is -2.39. The lowest BCUT2D eigenvalue weighted by Gasteiger charge is -2.16. The molecule has 1 aromatic rings. The first kappa shape index (κ1) is 13.3. The molecule has 0 aliphatic heterocycles. The Labute approximate surface area is 111 Å². The number of carbonyl (C=O) groups excluding carboxylic acids is 1. The molecule has 0 saturated heterocycles. The molecule has 2 rings (SSSR count). The first-order valence-electron chi connectivity index (χ1n) is 6.10. The highest BCUT2D eigenvalue weighted by molar-refractivity contribution is 5.83. The summed E-state index contributed by atoms with van der Waals surface area (Å²) in [5, 5.41) is 11.6. The van der Waals surface area contributed by atoms with E-state index in [4.69, 9.17) is 10.8 Å². The molecule has 0 bridgehead atoms. The van der Waals surface area contributed by atoms with E-state index in [1.165, 1.54) is 0 Å². The van der Waals surface area contributed by atoms with Crippen molar-refractivity contribution in [2.45, 2.75) is 18.5 Å². The average Bonchev–Trinajstić information content (AvgIpc) is 2.87. The van der Waals surface area contributed by atoms with Gasteiger partial charge in [-0.05, 0) is 12.0 Å². The van der Waals surface area contributed by atoms with Crippen LogP contribution in [0.1, 0.15) is 18.0 Å². The molecular weight excluding hydrogens is 244 g/mol. The number of benzene rings is 1. The summed E-state index contributed by atoms with van der Waals surface area (Å²) in [4.78, 5) is 22.8. The van der Waals surface area contributed by atoms with Crippen LogP contribution in [0.4, 0.5) is 0 Å². The van der Waals surface area contributed by atoms with Crippen molar-refractivity contribution in [1.82, 2.24) is 5.32 Å². The maximum atomic E-state index is 12.0. The van der Waals surface area contributed by atoms with Crippen LogP contribution in [0.25, 0.3) is 0 Å². The van der Waals surface area contributed by atoms with Gasteiger partial charge in [0.2, 0.25) is 5.91 Å². The van der Waals surface area contributed by atoms with E-state index in [1.807, 2.05) is 18.2 Å². The molecule has 0 spiro atoms. The number of aliphatic carboxylic acids is 1. The van der Waals surface area contributed by atoms with Gasteiger partial charge in [0.15, 0.2) is 0 Å². The van der Waals surface area contributed by atoms with Gasteiger partial charge in [-0.2, -0.15) is 0 Å². The smallest absolute Gasteiger partial charge is 0.310 e. The minimum atomic E-state index is -0.875. The first-order chi connectivity index (χ1) is 9.08. The zero-order chi connectivity index (χ0) is 13.8. The SMILES string of the molecule is NC(C(=O)NC1C=CC(C(=O)O)C1)c1ccccc1. The van der Waals surface area contributed by atoms with Gasteiger partial charge < -0.3 is 16.2 Å². The summed E-state index contributed by atoms with van der Waals surface area (Å²) in [5.74, 6) is -1.70. The number of nitrogens with one attached hydrogen (secondary N) is 1. The molecule has 0 heterocycles. The van der Waals surface area contributed by atoms with Crippen LogP contribution in [0, 0.1) is 5.92 Å². The number of carbonyl (C=O) groups is 2. The fourth-order valence-corrected chi connectivity index (χ4v) is 2.07. The van der Waals surface area contributed by atoms with Crippen LogP contribution >= 0.6 is 0 Å². The van der Waals surface area contributed by atoms with Crippen molar-refractivity contribution < 1.29 is 14.7 Å². The number of hydrogen-bond donors (Lipinski definition) is 3. The van der Waals surface area contributed by atoms with E-state index in [9.17, 15) is 9.59 Å². The third-order valence-electron chi connectivity index (χ3n) is 3.17. The van der Waals surface area contributed by atoms with Gasteiger partial charge in [0.25, 0.3) is 0 Å². The zero-order valence-electron chi connectivity index (χ0n) is 10.3. The second-order valence-electron chi connectivity index (χ2n) is 4.57. The van der Waals surface area contributed by atoms with Crippen LogP contribution in [-0.2, 0) is 9.59 Å². The van der Waals surface area contributed by atoms with E-state index in [0.29, 0.717) is 6.42 Å². The Kier molecular flexibility index (Phi) is 3.97. The van der Waals surface area contributed by atoms with E-state index in [-0.39, 0.29) is 11.9 Å². The number of nitrogens with two attached hydrogens (primary N) is 1. The second kappa shape index (κ2) is 5.67. The van der Waals surface area contributed by atoms with Crippen molar-refractivity contribution in [3.05, 3.63) is 48.0 Å². The van der Waals surface area contributed by atoms with Crippen molar-refractivity contribution in [2.75, 3.05) is 0 Å². The van der Waals surface area contributed by atoms with Crippen molar-refractivity contribution in [3.8, 4) is 0 Å². The van der Waals surface area contributed by atoms with Crippen LogP contribution in [0.15, 0.2) is 42.5 Å². The number of carboxylic acid groups (broad SMARTS) is 1. The molecule has 1 aromatic carbocycles. The Hall–Kier alpha value is -2.14. The summed E-state index contributed by atoms with van der Waals surface area (Å²) in [6, 6.07) is 8.06. The molecule has 0 fully saturated rings. The molecule has 3 unspecified atom stereocenters. The Morgan fingerprint density at radius 2 is 1.95 bits per heavy atom. The predicted octanol–water partition coefficient (Wildman–Crippen LogP) is 0.832. The molecular formula is C14H16N2O3. The molecule has 1 aliphatic carbocycles. The van der Waals surface area contributed by atoms with E-state index < -0.39 is 17.9 Å². The molecule has 19 heavy (non-hydrogen) atoms. The van der Waals surface area contributed by atoms with E-state index in [0.717, 1.165) is 5.56 Å². The fraction of sp³-hybridized carbons (Fsp3) is 0.286. The fourth-order valence-electron chi connectivity index (χ4n) is 2.07. The van der Waals surface area contributed by atoms with Crippen LogP contribution in [0.5, 0.6) is 0 Å². The Morgan fingerprint density at radius 1 is 1.26 bits per heavy atom. The third kappa shape index (κ3) is 3.20. The summed E-state index contributed by atoms with van der Waals surface area (Å²) in [7, 11) is 0. The minimum absolute atomic E-state index is 0.261. The lowest BCUT2D eigenvalue weighted by molar-refractivity contribution is -0.140. The van der Waals surface area contributed by atoms with Gasteiger partial charge in [0, 0.05) is 6.04 Å². The number of amides is 1. The molecule has 0 aromatic heterocycles. The molecule has 5 nitrogen and oxygen atoms in total. The van der Waals surface area contributed by atoms with Gasteiger partial charge in [0.05, 0.1) is 5.92 Å². The minimum Gasteiger partial charge on any atom is -0.481 e. The summed E-state index contributed by atoms with van der Waals surface area (Å²) in [6.07, 6.45) is 3.68. The Bertz CT molecular complexity index is 499. The molecule has 3 atom stereocenters. The second-order valence-corrected chi connectivity index (χ2v) is 4.57. The van der Waals surface area contributed by atoms with Gasteiger partial charge in [-0.25, -0.2) is 0 Å². The maximum Gasteiger partial charge on any atom is 0.310 e. The molecule has 1 amide bonds. The van der Waals surface area contributed by atoms with Crippen molar-refractivity contribution >= 4 is 11.9 Å². The lowest BCUT2D eigenvalue weighted by atomic mass is 10.1. The van der Waals surface area contributed by atoms with Crippen LogP contribution in [0.3, 0.4) is 0 Å². The van der Waals surface area contributed by atoms with Crippen molar-refractivity contribution in [1.29, 1.82) is 0 Å². The van der Waals surface area contributed by atoms with E-state index in [2.05, 4.69) is 5.32 Å². The first-order valence-corrected chi connectivity index (χ1v) is 6.10. The van der Waals surface area contributed by atoms with Crippen LogP contribution < -0.4 is 11.1 Å². The highest BCUT2D eigenvalue weighted by atomic mass is 16.4. The third-order valence-corrected chi connectivity index (χ3v) is 3.17. The zero-order valence-corrected chi connectivity index (χ0v) is 10.3. The van der Waals surface area contributed by atoms with Gasteiger partial charge in [-0.1, -0.05) is 42.5 Å². The number of rotatable bonds is 4.